The molecule has 0 aliphatic heterocycles. The van der Waals surface area contributed by atoms with Crippen LogP contribution in [-0.4, -0.2) is 14.9 Å². The maximum atomic E-state index is 8.77. The van der Waals surface area contributed by atoms with Crippen molar-refractivity contribution < 1.29 is 29.3 Å². The van der Waals surface area contributed by atoms with E-state index in [0.717, 1.165) is 0 Å². The number of aromatic hydroxyl groups is 1. The van der Waals surface area contributed by atoms with Crippen molar-refractivity contribution in [3.63, 3.8) is 0 Å². The third-order valence-electron chi connectivity index (χ3n) is 0.691. The van der Waals surface area contributed by atoms with Crippen molar-refractivity contribution >= 4 is 7.82 Å². The third-order valence-corrected chi connectivity index (χ3v) is 0.691. The molecule has 0 aromatic carbocycles. The van der Waals surface area contributed by atoms with E-state index in [1.807, 2.05) is 0 Å². The second-order valence-corrected chi connectivity index (χ2v) is 2.73. The number of hydrogen-bond donors (Lipinski definition) is 3. The molecule has 1 aromatic rings. The first-order valence-electron chi connectivity index (χ1n) is 2.81. The zero-order valence-corrected chi connectivity index (χ0v) is 6.81. The maximum Gasteiger partial charge on any atom is 0.262 e. The Bertz CT molecular complexity index is 250. The molecule has 12 heavy (non-hydrogen) atoms. The SMILES string of the molecule is O=P([O-])(O)O.Oc1ccc[nH+]c1. The molecule has 0 aliphatic carbocycles. The molecule has 7 heteroatoms. The predicted molar refractivity (Wildman–Crippen MR) is 36.7 cm³/mol. The van der Waals surface area contributed by atoms with Gasteiger partial charge < -0.3 is 19.8 Å². The Labute approximate surface area is 68.4 Å². The zero-order chi connectivity index (χ0) is 9.61. The lowest BCUT2D eigenvalue weighted by Gasteiger charge is -2.01. The lowest BCUT2D eigenvalue weighted by Crippen LogP contribution is -1.95. The Hall–Kier alpha value is -0.940. The monoisotopic (exact) mass is 193 g/mol. The van der Waals surface area contributed by atoms with Crippen LogP contribution in [0.5, 0.6) is 5.75 Å². The highest BCUT2D eigenvalue weighted by atomic mass is 31.2. The van der Waals surface area contributed by atoms with Crippen molar-refractivity contribution in [1.82, 2.24) is 0 Å². The van der Waals surface area contributed by atoms with Gasteiger partial charge in [0.25, 0.3) is 7.82 Å². The molecule has 1 aromatic heterocycles. The predicted octanol–water partition coefficient (Wildman–Crippen LogP) is -1.35. The van der Waals surface area contributed by atoms with Crippen LogP contribution in [0.2, 0.25) is 0 Å². The van der Waals surface area contributed by atoms with E-state index in [9.17, 15) is 0 Å². The highest BCUT2D eigenvalue weighted by molar-refractivity contribution is 7.43. The van der Waals surface area contributed by atoms with Crippen molar-refractivity contribution in [2.45, 2.75) is 0 Å². The molecule has 6 nitrogen and oxygen atoms in total. The van der Waals surface area contributed by atoms with Crippen molar-refractivity contribution in [2.75, 3.05) is 0 Å². The van der Waals surface area contributed by atoms with E-state index in [1.165, 1.54) is 6.20 Å². The van der Waals surface area contributed by atoms with Crippen LogP contribution < -0.4 is 9.88 Å². The smallest absolute Gasteiger partial charge is 0.262 e. The molecule has 0 atom stereocenters. The van der Waals surface area contributed by atoms with E-state index in [1.54, 1.807) is 18.3 Å². The van der Waals surface area contributed by atoms with Gasteiger partial charge in [-0.3, -0.25) is 4.57 Å². The Balaban J connectivity index is 0.000000217. The van der Waals surface area contributed by atoms with Crippen LogP contribution in [0.3, 0.4) is 0 Å². The third kappa shape index (κ3) is 11.8. The second-order valence-electron chi connectivity index (χ2n) is 1.75. The molecule has 1 rings (SSSR count). The number of pyridine rings is 1. The van der Waals surface area contributed by atoms with Crippen molar-refractivity contribution in [3.8, 4) is 5.75 Å². The Morgan fingerprint density at radius 2 is 2.00 bits per heavy atom. The van der Waals surface area contributed by atoms with E-state index in [0.29, 0.717) is 0 Å². The standard InChI is InChI=1S/C5H5NO.H3O4P/c7-5-2-1-3-6-4-5;1-5(2,3)4/h1-4,7H;(H3,1,2,3,4). The van der Waals surface area contributed by atoms with Gasteiger partial charge in [-0.1, -0.05) is 0 Å². The van der Waals surface area contributed by atoms with E-state index >= 15 is 0 Å². The van der Waals surface area contributed by atoms with E-state index in [2.05, 4.69) is 4.98 Å². The molecule has 0 aliphatic rings. The van der Waals surface area contributed by atoms with Crippen LogP contribution in [0.15, 0.2) is 24.5 Å². The number of rotatable bonds is 0. The fourth-order valence-corrected chi connectivity index (χ4v) is 0.384. The van der Waals surface area contributed by atoms with Crippen molar-refractivity contribution in [3.05, 3.63) is 24.5 Å². The molecule has 0 saturated heterocycles. The highest BCUT2D eigenvalue weighted by Crippen LogP contribution is 2.18. The molecule has 0 amide bonds. The average molecular weight is 193 g/mol. The topological polar surface area (TPSA) is 115 Å². The van der Waals surface area contributed by atoms with Crippen LogP contribution in [0.1, 0.15) is 0 Å². The quantitative estimate of drug-likeness (QED) is 0.440. The number of hydrogen-bond acceptors (Lipinski definition) is 3. The molecule has 0 spiro atoms. The normalized spacial score (nSPS) is 9.92. The summed E-state index contributed by atoms with van der Waals surface area (Å²) in [6.45, 7) is 0. The molecule has 0 saturated carbocycles. The number of aromatic amines is 1. The molecular weight excluding hydrogens is 185 g/mol. The first-order valence-corrected chi connectivity index (χ1v) is 4.34. The minimum absolute atomic E-state index is 0.266. The molecule has 68 valence electrons. The second kappa shape index (κ2) is 4.84. The van der Waals surface area contributed by atoms with Crippen molar-refractivity contribution in [2.24, 2.45) is 0 Å². The van der Waals surface area contributed by atoms with E-state index in [4.69, 9.17) is 24.4 Å². The molecule has 0 unspecified atom stereocenters. The minimum atomic E-state index is -4.89. The van der Waals surface area contributed by atoms with Gasteiger partial charge in [-0.25, -0.2) is 4.98 Å². The van der Waals surface area contributed by atoms with Gasteiger partial charge in [0.15, 0.2) is 11.9 Å². The molecular formula is C5H8NO5P. The number of aromatic nitrogens is 1. The Kier molecular flexibility index (Phi) is 4.46. The summed E-state index contributed by atoms with van der Waals surface area (Å²) in [7, 11) is -4.89. The summed E-state index contributed by atoms with van der Waals surface area (Å²) in [4.78, 5) is 25.6. The summed E-state index contributed by atoms with van der Waals surface area (Å²) in [6.07, 6.45) is 3.25. The van der Waals surface area contributed by atoms with Gasteiger partial charge in [-0.2, -0.15) is 0 Å². The van der Waals surface area contributed by atoms with Crippen LogP contribution in [0.4, 0.5) is 0 Å². The lowest BCUT2D eigenvalue weighted by molar-refractivity contribution is -0.379. The summed E-state index contributed by atoms with van der Waals surface area (Å²) < 4.78 is 8.77. The Morgan fingerprint density at radius 3 is 2.17 bits per heavy atom. The summed E-state index contributed by atoms with van der Waals surface area (Å²) in [6, 6.07) is 3.34. The first kappa shape index (κ1) is 11.1. The van der Waals surface area contributed by atoms with Crippen LogP contribution in [0.25, 0.3) is 0 Å². The van der Waals surface area contributed by atoms with Crippen LogP contribution in [-0.2, 0) is 4.57 Å². The fourth-order valence-electron chi connectivity index (χ4n) is 0.384. The number of nitrogens with one attached hydrogen (secondary N) is 1. The largest absolute Gasteiger partial charge is 0.756 e. The fraction of sp³-hybridized carbons (Fsp3) is 0. The zero-order valence-electron chi connectivity index (χ0n) is 5.91. The van der Waals surface area contributed by atoms with Gasteiger partial charge in [0.1, 0.15) is 0 Å². The average Bonchev–Trinajstić information content (AvgIpc) is 1.85. The summed E-state index contributed by atoms with van der Waals surface area (Å²) in [5.74, 6) is 0.266. The molecule has 4 N–H and O–H groups in total. The van der Waals surface area contributed by atoms with Crippen LogP contribution in [0, 0.1) is 0 Å². The van der Waals surface area contributed by atoms with Gasteiger partial charge in [-0.05, 0) is 6.07 Å². The van der Waals surface area contributed by atoms with Gasteiger partial charge in [0.05, 0.1) is 0 Å². The summed E-state index contributed by atoms with van der Waals surface area (Å²) in [5.41, 5.74) is 0. The van der Waals surface area contributed by atoms with Crippen molar-refractivity contribution in [1.29, 1.82) is 0 Å². The van der Waals surface area contributed by atoms with Gasteiger partial charge in [0, 0.05) is 6.07 Å². The lowest BCUT2D eigenvalue weighted by atomic mass is 10.5. The van der Waals surface area contributed by atoms with Gasteiger partial charge in [0.2, 0.25) is 6.20 Å². The van der Waals surface area contributed by atoms with E-state index < -0.39 is 7.82 Å². The molecule has 0 radical (unpaired) electrons. The van der Waals surface area contributed by atoms with E-state index in [-0.39, 0.29) is 5.75 Å². The molecule has 0 bridgehead atoms. The van der Waals surface area contributed by atoms with Gasteiger partial charge in [-0.15, -0.1) is 0 Å². The van der Waals surface area contributed by atoms with Crippen LogP contribution >= 0.6 is 7.82 Å². The number of phosphoric acid groups is 1. The minimum Gasteiger partial charge on any atom is -0.756 e. The Morgan fingerprint density at radius 1 is 1.50 bits per heavy atom. The summed E-state index contributed by atoms with van der Waals surface area (Å²) in [5, 5.41) is 8.60. The highest BCUT2D eigenvalue weighted by Gasteiger charge is 1.82. The number of H-pyrrole nitrogens is 1. The summed E-state index contributed by atoms with van der Waals surface area (Å²) >= 11 is 0. The van der Waals surface area contributed by atoms with Gasteiger partial charge >= 0.3 is 0 Å². The first-order chi connectivity index (χ1) is 5.39. The molecule has 0 fully saturated rings. The molecule has 1 heterocycles. The maximum absolute atomic E-state index is 8.77.